The lowest BCUT2D eigenvalue weighted by Crippen LogP contribution is -2.20. The quantitative estimate of drug-likeness (QED) is 0.771. The maximum absolute atomic E-state index is 5.81. The van der Waals surface area contributed by atoms with Crippen LogP contribution in [-0.4, -0.2) is 9.78 Å². The largest absolute Gasteiger partial charge is 0.364 e. The van der Waals surface area contributed by atoms with Crippen LogP contribution >= 0.6 is 22.9 Å². The van der Waals surface area contributed by atoms with Crippen LogP contribution in [-0.2, 0) is 23.8 Å². The molecular weight excluding hydrogens is 244 g/mol. The zero-order valence-electron chi connectivity index (χ0n) is 8.60. The highest BCUT2D eigenvalue weighted by atomic mass is 35.5. The molecule has 0 saturated carbocycles. The van der Waals surface area contributed by atoms with Gasteiger partial charge in [0.15, 0.2) is 0 Å². The van der Waals surface area contributed by atoms with Crippen molar-refractivity contribution in [3.05, 3.63) is 39.8 Å². The Labute approximate surface area is 103 Å². The van der Waals surface area contributed by atoms with Crippen LogP contribution in [0.3, 0.4) is 0 Å². The van der Waals surface area contributed by atoms with Crippen LogP contribution in [0.2, 0.25) is 0 Å². The zero-order valence-corrected chi connectivity index (χ0v) is 10.2. The van der Waals surface area contributed by atoms with Crippen LogP contribution in [0, 0.1) is 0 Å². The highest BCUT2D eigenvalue weighted by Crippen LogP contribution is 2.29. The summed E-state index contributed by atoms with van der Waals surface area (Å²) in [6.07, 6.45) is 0.135. The van der Waals surface area contributed by atoms with E-state index in [9.17, 15) is 0 Å². The molecule has 16 heavy (non-hydrogen) atoms. The van der Waals surface area contributed by atoms with Crippen molar-refractivity contribution in [3.63, 3.8) is 0 Å². The number of aromatic nitrogens is 2. The van der Waals surface area contributed by atoms with Gasteiger partial charge in [0.25, 0.3) is 0 Å². The number of fused-ring (bicyclic) bond motifs is 1. The van der Waals surface area contributed by atoms with Crippen LogP contribution in [0.1, 0.15) is 22.4 Å². The average Bonchev–Trinajstić information content (AvgIpc) is 2.96. The minimum Gasteiger partial charge on any atom is -0.364 e. The predicted octanol–water partition coefficient (Wildman–Crippen LogP) is 2.95. The van der Waals surface area contributed by atoms with Gasteiger partial charge in [0, 0.05) is 4.88 Å². The molecule has 0 aromatic carbocycles. The van der Waals surface area contributed by atoms with Crippen molar-refractivity contribution >= 4 is 22.9 Å². The molecule has 0 N–H and O–H groups in total. The Morgan fingerprint density at radius 3 is 3.31 bits per heavy atom. The van der Waals surface area contributed by atoms with Gasteiger partial charge in [-0.2, -0.15) is 5.10 Å². The second-order valence-corrected chi connectivity index (χ2v) is 5.00. The first-order valence-electron chi connectivity index (χ1n) is 5.13. The van der Waals surface area contributed by atoms with E-state index in [1.54, 1.807) is 11.3 Å². The molecule has 2 aromatic heterocycles. The lowest BCUT2D eigenvalue weighted by molar-refractivity contribution is 0.00101. The summed E-state index contributed by atoms with van der Waals surface area (Å²) in [5.74, 6) is 0.462. The summed E-state index contributed by atoms with van der Waals surface area (Å²) in [4.78, 5) is 1.26. The minimum absolute atomic E-state index is 0.135. The summed E-state index contributed by atoms with van der Waals surface area (Å²) in [6, 6.07) is 6.16. The van der Waals surface area contributed by atoms with Crippen LogP contribution < -0.4 is 0 Å². The standard InChI is InChI=1S/C11H11ClN2OS/c12-5-8-4-9-7-15-10(6-14(9)13-8)11-2-1-3-16-11/h1-4,10H,5-7H2/t10-/m1/s1. The number of nitrogens with zero attached hydrogens (tertiary/aromatic N) is 2. The van der Waals surface area contributed by atoms with Gasteiger partial charge in [0.05, 0.1) is 30.4 Å². The lowest BCUT2D eigenvalue weighted by Gasteiger charge is -2.23. The molecule has 1 aliphatic heterocycles. The normalized spacial score (nSPS) is 19.7. The maximum atomic E-state index is 5.81. The first kappa shape index (κ1) is 10.3. The van der Waals surface area contributed by atoms with E-state index in [-0.39, 0.29) is 6.10 Å². The third-order valence-electron chi connectivity index (χ3n) is 2.68. The fraction of sp³-hybridized carbons (Fsp3) is 0.364. The summed E-state index contributed by atoms with van der Waals surface area (Å²) in [5.41, 5.74) is 2.04. The van der Waals surface area contributed by atoms with Crippen LogP contribution in [0.25, 0.3) is 0 Å². The fourth-order valence-electron chi connectivity index (χ4n) is 1.90. The lowest BCUT2D eigenvalue weighted by atomic mass is 10.2. The molecule has 3 nitrogen and oxygen atoms in total. The molecular formula is C11H11ClN2OS. The fourth-order valence-corrected chi connectivity index (χ4v) is 2.79. The Morgan fingerprint density at radius 1 is 1.62 bits per heavy atom. The summed E-state index contributed by atoms with van der Waals surface area (Å²) >= 11 is 7.49. The summed E-state index contributed by atoms with van der Waals surface area (Å²) < 4.78 is 7.82. The Hall–Kier alpha value is -0.840. The highest BCUT2D eigenvalue weighted by molar-refractivity contribution is 7.10. The van der Waals surface area contributed by atoms with Crippen molar-refractivity contribution in [1.82, 2.24) is 9.78 Å². The number of thiophene rings is 1. The summed E-state index contributed by atoms with van der Waals surface area (Å²) in [6.45, 7) is 1.40. The van der Waals surface area contributed by atoms with Crippen molar-refractivity contribution in [2.75, 3.05) is 0 Å². The van der Waals surface area contributed by atoms with Crippen molar-refractivity contribution in [2.24, 2.45) is 0 Å². The molecule has 0 amide bonds. The summed E-state index contributed by atoms with van der Waals surface area (Å²) in [5, 5.41) is 6.51. The van der Waals surface area contributed by atoms with E-state index in [1.807, 2.05) is 16.8 Å². The van der Waals surface area contributed by atoms with Gasteiger partial charge < -0.3 is 4.74 Å². The van der Waals surface area contributed by atoms with Crippen molar-refractivity contribution in [2.45, 2.75) is 25.1 Å². The van der Waals surface area contributed by atoms with E-state index < -0.39 is 0 Å². The Morgan fingerprint density at radius 2 is 2.56 bits per heavy atom. The number of rotatable bonds is 2. The van der Waals surface area contributed by atoms with E-state index in [0.29, 0.717) is 12.5 Å². The molecule has 0 spiro atoms. The van der Waals surface area contributed by atoms with Crippen LogP contribution in [0.4, 0.5) is 0 Å². The molecule has 1 aliphatic rings. The van der Waals surface area contributed by atoms with Crippen LogP contribution in [0.5, 0.6) is 0 Å². The van der Waals surface area contributed by atoms with E-state index in [0.717, 1.165) is 17.9 Å². The van der Waals surface area contributed by atoms with Gasteiger partial charge in [-0.15, -0.1) is 22.9 Å². The van der Waals surface area contributed by atoms with Crippen molar-refractivity contribution < 1.29 is 4.74 Å². The summed E-state index contributed by atoms with van der Waals surface area (Å²) in [7, 11) is 0. The number of halogens is 1. The topological polar surface area (TPSA) is 27.1 Å². The smallest absolute Gasteiger partial charge is 0.112 e. The number of alkyl halides is 1. The second-order valence-electron chi connectivity index (χ2n) is 3.76. The number of ether oxygens (including phenoxy) is 1. The first-order chi connectivity index (χ1) is 7.86. The van der Waals surface area contributed by atoms with E-state index in [4.69, 9.17) is 16.3 Å². The SMILES string of the molecule is ClCc1cc2n(n1)C[C@H](c1cccs1)OC2. The minimum atomic E-state index is 0.135. The van der Waals surface area contributed by atoms with Crippen molar-refractivity contribution in [1.29, 1.82) is 0 Å². The van der Waals surface area contributed by atoms with E-state index in [2.05, 4.69) is 16.5 Å². The molecule has 5 heteroatoms. The average molecular weight is 255 g/mol. The highest BCUT2D eigenvalue weighted by Gasteiger charge is 2.22. The van der Waals surface area contributed by atoms with Gasteiger partial charge in [-0.1, -0.05) is 6.07 Å². The number of hydrogen-bond acceptors (Lipinski definition) is 3. The van der Waals surface area contributed by atoms with Gasteiger partial charge >= 0.3 is 0 Å². The van der Waals surface area contributed by atoms with Crippen molar-refractivity contribution in [3.8, 4) is 0 Å². The molecule has 1 atom stereocenters. The molecule has 0 unspecified atom stereocenters. The Kier molecular flexibility index (Phi) is 2.71. The first-order valence-corrected chi connectivity index (χ1v) is 6.55. The Bertz CT molecular complexity index is 480. The predicted molar refractivity (Wildman–Crippen MR) is 63.6 cm³/mol. The third-order valence-corrected chi connectivity index (χ3v) is 3.92. The van der Waals surface area contributed by atoms with E-state index in [1.165, 1.54) is 4.88 Å². The van der Waals surface area contributed by atoms with Gasteiger partial charge in [0.1, 0.15) is 6.10 Å². The molecule has 3 rings (SSSR count). The molecule has 0 bridgehead atoms. The second kappa shape index (κ2) is 4.20. The van der Waals surface area contributed by atoms with Gasteiger partial charge in [-0.05, 0) is 17.5 Å². The zero-order chi connectivity index (χ0) is 11.0. The van der Waals surface area contributed by atoms with Gasteiger partial charge in [-0.3, -0.25) is 4.68 Å². The molecule has 0 saturated heterocycles. The third kappa shape index (κ3) is 1.77. The van der Waals surface area contributed by atoms with Crippen LogP contribution in [0.15, 0.2) is 23.6 Å². The molecule has 0 aliphatic carbocycles. The van der Waals surface area contributed by atoms with E-state index >= 15 is 0 Å². The molecule has 0 fully saturated rings. The van der Waals surface area contributed by atoms with Gasteiger partial charge in [0.2, 0.25) is 0 Å². The maximum Gasteiger partial charge on any atom is 0.112 e. The molecule has 84 valence electrons. The molecule has 2 aromatic rings. The molecule has 3 heterocycles. The Balaban J connectivity index is 1.85. The van der Waals surface area contributed by atoms with Gasteiger partial charge in [-0.25, -0.2) is 0 Å². The monoisotopic (exact) mass is 254 g/mol. The number of hydrogen-bond donors (Lipinski definition) is 0. The molecule has 0 radical (unpaired) electrons.